The topological polar surface area (TPSA) is 452 Å². The van der Waals surface area contributed by atoms with Crippen LogP contribution < -0.4 is 22.1 Å². The maximum absolute atomic E-state index is 14.6. The van der Waals surface area contributed by atoms with E-state index in [0.29, 0.717) is 173 Å². The third kappa shape index (κ3) is 30.6. The van der Waals surface area contributed by atoms with Crippen molar-refractivity contribution in [1.29, 1.82) is 0 Å². The van der Waals surface area contributed by atoms with Crippen LogP contribution in [0.15, 0.2) is 78.5 Å². The minimum atomic E-state index is -2.51. The van der Waals surface area contributed by atoms with Gasteiger partial charge in [0.15, 0.2) is 11.4 Å². The molecule has 1 aliphatic carbocycles. The number of aryl methyl sites for hydroxylation is 1. The summed E-state index contributed by atoms with van der Waals surface area (Å²) in [7, 11) is 3.06. The van der Waals surface area contributed by atoms with E-state index in [9.17, 15) is 48.9 Å². The molecule has 34 nitrogen and oxygen atoms in total. The van der Waals surface area contributed by atoms with Crippen LogP contribution >= 0.6 is 0 Å². The number of hydrogen-bond donors (Lipinski definition) is 8. The normalized spacial score (nSPS) is 26.7. The fourth-order valence-electron chi connectivity index (χ4n) is 15.2. The molecule has 2 bridgehead atoms. The highest BCUT2D eigenvalue weighted by Crippen LogP contribution is 2.38. The first-order valence-electron chi connectivity index (χ1n) is 42.0. The molecule has 3 amide bonds. The van der Waals surface area contributed by atoms with Gasteiger partial charge in [0.05, 0.1) is 129 Å². The minimum Gasteiger partial charge on any atom is -0.459 e. The van der Waals surface area contributed by atoms with Gasteiger partial charge >= 0.3 is 12.1 Å². The number of unbranched alkanes of at least 4 members (excludes halogenated alkanes) is 1. The summed E-state index contributed by atoms with van der Waals surface area (Å²) >= 11 is 0. The van der Waals surface area contributed by atoms with Crippen molar-refractivity contribution in [2.24, 2.45) is 35.3 Å². The van der Waals surface area contributed by atoms with Crippen LogP contribution in [0.25, 0.3) is 33.3 Å². The molecule has 10 N–H and O–H groups in total. The largest absolute Gasteiger partial charge is 0.459 e. The Labute approximate surface area is 697 Å². The molecule has 3 fully saturated rings. The number of H-pyrrole nitrogens is 1. The summed E-state index contributed by atoms with van der Waals surface area (Å²) in [6.45, 7) is 17.2. The van der Waals surface area contributed by atoms with Gasteiger partial charge in [0.25, 0.3) is 11.7 Å². The number of aliphatic hydroxyl groups is 3. The Kier molecular flexibility index (Phi) is 41.5. The molecule has 1 saturated carbocycles. The van der Waals surface area contributed by atoms with Crippen LogP contribution in [-0.2, 0) is 96.9 Å². The number of methoxy groups -OCH3 is 2. The van der Waals surface area contributed by atoms with E-state index in [1.54, 1.807) is 34.1 Å². The molecule has 4 aromatic rings. The van der Waals surface area contributed by atoms with Crippen molar-refractivity contribution in [3.05, 3.63) is 78.5 Å². The Bertz CT molecular complexity index is 3950. The number of pyridine rings is 1. The van der Waals surface area contributed by atoms with Crippen molar-refractivity contribution in [3.8, 4) is 11.3 Å². The number of nitrogens with zero attached hydrogens (tertiary/aromatic N) is 6. The van der Waals surface area contributed by atoms with Crippen LogP contribution in [0.2, 0.25) is 0 Å². The van der Waals surface area contributed by atoms with E-state index in [1.165, 1.54) is 26.4 Å². The second kappa shape index (κ2) is 51.1. The van der Waals surface area contributed by atoms with E-state index in [2.05, 4.69) is 30.6 Å². The van der Waals surface area contributed by atoms with Gasteiger partial charge in [-0.1, -0.05) is 64.2 Å². The van der Waals surface area contributed by atoms with Crippen LogP contribution in [0.1, 0.15) is 138 Å². The number of alkyl carbamates (subject to hydrolysis) is 1. The number of nitrogen functional groups attached to an aromatic ring is 1. The fraction of sp³-hybridized carbons (Fsp3) is 0.682. The number of piperidine rings is 1. The van der Waals surface area contributed by atoms with Gasteiger partial charge in [0.2, 0.25) is 11.7 Å². The standard InChI is InChI=1S/C85H129N11O23/c1-55-16-10-9-11-17-56(2)69(107-7)51-64-21-19-60(6)85(106,119-64)78(102)82(103)95-28-14-12-18-66(95)83(104)117-70(52-67(97)57(3)47-59(5)76(100)77(101)75(99)58(4)46-55)65(86)48-61-20-22-68(71(49-61)108-8)118-84(105)90-27-31-110-33-35-112-37-39-114-41-43-116-45-44-115-42-40-113-38-36-111-34-32-109-30-24-72(98)88-25-13-15-29-96-81-73(79(87)92-54-93-81)74(94-96)63-50-62-23-26-89-80(62)91-53-63/h9-11,16-17,23,26,47,50,53-55,57-58,60-61,64-66,68-71,76-77,100-101,106H,12-15,18-22,24-25,27-46,48-49,51-52,86H2,1-8H3,(H,88,98)(H,89,91)(H,90,105)(H2,87,92,93)/b11-9?,16-10+,56-17?,59-47+/t55-,57-,58-,60-,61+,64+,65-,66+,68-,69+,70+,71-,76-,77+,85-/m1/s1. The van der Waals surface area contributed by atoms with E-state index in [-0.39, 0.29) is 81.9 Å². The van der Waals surface area contributed by atoms with Crippen LogP contribution in [0.4, 0.5) is 10.6 Å². The van der Waals surface area contributed by atoms with Crippen LogP contribution in [-0.4, -0.2) is 291 Å². The quantitative estimate of drug-likeness (QED) is 0.0105. The Morgan fingerprint density at radius 3 is 2.05 bits per heavy atom. The molecule has 119 heavy (non-hydrogen) atoms. The molecule has 7 heterocycles. The van der Waals surface area contributed by atoms with Gasteiger partial charge in [-0.3, -0.25) is 24.0 Å². The number of esters is 1. The molecule has 0 radical (unpaired) electrons. The van der Waals surface area contributed by atoms with Gasteiger partial charge in [0.1, 0.15) is 59.7 Å². The van der Waals surface area contributed by atoms with Crippen molar-refractivity contribution in [2.75, 3.05) is 145 Å². The molecule has 0 unspecified atom stereocenters. The van der Waals surface area contributed by atoms with Crippen molar-refractivity contribution >= 4 is 69.1 Å². The third-order valence-electron chi connectivity index (χ3n) is 22.2. The lowest BCUT2D eigenvalue weighted by molar-refractivity contribution is -0.265. The highest BCUT2D eigenvalue weighted by atomic mass is 16.6. The van der Waals surface area contributed by atoms with Gasteiger partial charge in [-0.25, -0.2) is 29.2 Å². The molecule has 662 valence electrons. The number of nitrogens with one attached hydrogen (secondary N) is 3. The zero-order chi connectivity index (χ0) is 85.6. The minimum absolute atomic E-state index is 0.00129. The van der Waals surface area contributed by atoms with Gasteiger partial charge in [-0.15, -0.1) is 0 Å². The lowest BCUT2D eigenvalue weighted by Gasteiger charge is -2.42. The predicted octanol–water partition coefficient (Wildman–Crippen LogP) is 6.34. The average molecular weight is 1670 g/mol. The van der Waals surface area contributed by atoms with Crippen molar-refractivity contribution in [2.45, 2.75) is 205 Å². The van der Waals surface area contributed by atoms with E-state index in [0.717, 1.165) is 39.9 Å². The van der Waals surface area contributed by atoms with E-state index < -0.39 is 120 Å². The monoisotopic (exact) mass is 1670 g/mol. The maximum Gasteiger partial charge on any atom is 0.407 e. The van der Waals surface area contributed by atoms with E-state index in [4.69, 9.17) is 78.1 Å². The Morgan fingerprint density at radius 2 is 1.39 bits per heavy atom. The lowest BCUT2D eigenvalue weighted by Crippen LogP contribution is -2.61. The van der Waals surface area contributed by atoms with Crippen LogP contribution in [0, 0.1) is 29.6 Å². The zero-order valence-corrected chi connectivity index (χ0v) is 70.5. The average Bonchev–Trinajstić information content (AvgIpc) is 1.74. The number of ketones is 3. The molecular weight excluding hydrogens is 1540 g/mol. The highest BCUT2D eigenvalue weighted by Gasteiger charge is 2.53. The van der Waals surface area contributed by atoms with Gasteiger partial charge in [0, 0.05) is 107 Å². The van der Waals surface area contributed by atoms with Crippen LogP contribution in [0.5, 0.6) is 0 Å². The number of aliphatic hydroxyl groups excluding tert-OH is 2. The maximum atomic E-state index is 14.6. The first-order chi connectivity index (χ1) is 57.4. The molecule has 2 saturated heterocycles. The number of aromatic nitrogens is 6. The molecule has 4 aliphatic rings. The van der Waals surface area contributed by atoms with Gasteiger partial charge < -0.3 is 109 Å². The number of carbonyl (C=O) groups is 7. The number of rotatable bonds is 39. The van der Waals surface area contributed by atoms with Crippen molar-refractivity contribution < 1.29 is 110 Å². The number of nitrogens with two attached hydrogens (primary N) is 2. The number of cyclic esters (lactones) is 1. The van der Waals surface area contributed by atoms with Gasteiger partial charge in [-0.2, -0.15) is 5.10 Å². The number of aromatic amines is 1. The summed E-state index contributed by atoms with van der Waals surface area (Å²) in [6.07, 6.45) is 13.6. The van der Waals surface area contributed by atoms with E-state index >= 15 is 0 Å². The summed E-state index contributed by atoms with van der Waals surface area (Å²) in [5.41, 5.74) is 17.2. The summed E-state index contributed by atoms with van der Waals surface area (Å²) in [6, 6.07) is 1.71. The first-order valence-corrected chi connectivity index (χ1v) is 42.0. The number of carbonyl (C=O) groups excluding carboxylic acids is 7. The molecular formula is C85H129N11O23. The van der Waals surface area contributed by atoms with Crippen molar-refractivity contribution in [1.82, 2.24) is 45.2 Å². The van der Waals surface area contributed by atoms with E-state index in [1.807, 2.05) is 67.2 Å². The fourth-order valence-corrected chi connectivity index (χ4v) is 15.2. The summed E-state index contributed by atoms with van der Waals surface area (Å²) < 4.78 is 76.5. The summed E-state index contributed by atoms with van der Waals surface area (Å²) in [5, 5.41) is 46.7. The van der Waals surface area contributed by atoms with Gasteiger partial charge in [-0.05, 0) is 126 Å². The third-order valence-corrected chi connectivity index (χ3v) is 22.2. The Hall–Kier alpha value is -7.91. The van der Waals surface area contributed by atoms with Crippen LogP contribution in [0.3, 0.4) is 0 Å². The number of Topliss-reactive ketones (excluding diaryl/α,β-unsaturated/α-hetero) is 3. The predicted molar refractivity (Wildman–Crippen MR) is 440 cm³/mol. The smallest absolute Gasteiger partial charge is 0.407 e. The number of amides is 3. The number of hydrogen-bond acceptors (Lipinski definition) is 29. The Balaban J connectivity index is 0.650. The summed E-state index contributed by atoms with van der Waals surface area (Å²) in [4.78, 5) is 114. The molecule has 4 aromatic heterocycles. The molecule has 8 rings (SSSR count). The molecule has 3 aliphatic heterocycles. The number of fused-ring (bicyclic) bond motifs is 5. The second-order valence-electron chi connectivity index (χ2n) is 31.2. The second-order valence-corrected chi connectivity index (χ2v) is 31.2. The molecule has 34 heteroatoms. The zero-order valence-electron chi connectivity index (χ0n) is 70.5. The summed E-state index contributed by atoms with van der Waals surface area (Å²) in [5.74, 6) is -9.03. The number of ether oxygens (including phenoxy) is 13. The molecule has 0 aromatic carbocycles. The van der Waals surface area contributed by atoms with Crippen molar-refractivity contribution in [3.63, 3.8) is 0 Å². The lowest BCUT2D eigenvalue weighted by atomic mass is 9.80. The molecule has 0 spiro atoms. The Morgan fingerprint density at radius 1 is 0.723 bits per heavy atom. The number of anilines is 1. The molecule has 15 atom stereocenters. The first kappa shape index (κ1) is 96.5. The highest BCUT2D eigenvalue weighted by molar-refractivity contribution is 6.39. The SMILES string of the molecule is CO[C@H]1C[C@@H]2CC[C@@H](C)[C@@](O)(O2)C(=O)C(=O)N2CCCC[C@H]2C(=O)O[C@H]([C@H](N)C[C@@H]2CC[C@@H](OC(=O)NCCOCCOCCOCCOCCOCCOCCOCCOCCC(=O)NCCCCn3nc(-c4cnc5[nH]ccc5c4)c4c(N)ncnc43)[C@H](OC)C2)CC(=O)[C@H](C)/C=C(\C)[C@@H](O)[C@@H](O)C(=O)[C@H](C)C[C@H](C)/C=C/C=CC=C1C. The number of allylic oxidation sites excluding steroid dienone is 6.